The van der Waals surface area contributed by atoms with Crippen LogP contribution in [0.2, 0.25) is 0 Å². The number of aromatic amines is 1. The molecule has 1 atom stereocenters. The number of imidazole rings is 1. The largest absolute Gasteiger partial charge is 0.343 e. The summed E-state index contributed by atoms with van der Waals surface area (Å²) in [4.78, 5) is 18.4. The fourth-order valence-electron chi connectivity index (χ4n) is 3.69. The van der Waals surface area contributed by atoms with Crippen molar-refractivity contribution in [3.63, 3.8) is 0 Å². The maximum Gasteiger partial charge on any atom is 0.157 e. The van der Waals surface area contributed by atoms with Crippen LogP contribution in [0.25, 0.3) is 11.5 Å². The van der Waals surface area contributed by atoms with Gasteiger partial charge in [-0.3, -0.25) is 9.88 Å². The zero-order valence-corrected chi connectivity index (χ0v) is 14.9. The van der Waals surface area contributed by atoms with E-state index in [-0.39, 0.29) is 5.82 Å². The van der Waals surface area contributed by atoms with Gasteiger partial charge in [-0.05, 0) is 49.9 Å². The molecule has 1 saturated heterocycles. The Morgan fingerprint density at radius 3 is 3.00 bits per heavy atom. The summed E-state index contributed by atoms with van der Waals surface area (Å²) in [6.45, 7) is 2.16. The third kappa shape index (κ3) is 4.36. The number of benzene rings is 1. The molecule has 4 rings (SSSR count). The molecular weight excluding hydrogens is 348 g/mol. The first-order valence-corrected chi connectivity index (χ1v) is 9.14. The molecular formula is C20H21F2N5. The van der Waals surface area contributed by atoms with Gasteiger partial charge in [0.15, 0.2) is 5.82 Å². The molecule has 5 nitrogen and oxygen atoms in total. The minimum absolute atomic E-state index is 0.351. The monoisotopic (exact) mass is 369 g/mol. The lowest BCUT2D eigenvalue weighted by Crippen LogP contribution is -2.36. The van der Waals surface area contributed by atoms with Crippen LogP contribution in [0.3, 0.4) is 0 Å². The summed E-state index contributed by atoms with van der Waals surface area (Å²) < 4.78 is 27.3. The van der Waals surface area contributed by atoms with E-state index in [1.807, 2.05) is 0 Å². The molecule has 1 aromatic carbocycles. The second kappa shape index (κ2) is 7.92. The van der Waals surface area contributed by atoms with Gasteiger partial charge in [-0.25, -0.2) is 18.7 Å². The highest BCUT2D eigenvalue weighted by molar-refractivity contribution is 5.46. The van der Waals surface area contributed by atoms with Crippen LogP contribution < -0.4 is 0 Å². The van der Waals surface area contributed by atoms with Crippen LogP contribution in [0.15, 0.2) is 43.0 Å². The van der Waals surface area contributed by atoms with E-state index in [1.54, 1.807) is 24.8 Å². The number of nitrogens with zero attached hydrogens (tertiary/aromatic N) is 4. The average molecular weight is 369 g/mol. The first-order chi connectivity index (χ1) is 13.2. The van der Waals surface area contributed by atoms with Gasteiger partial charge in [-0.1, -0.05) is 0 Å². The number of piperidine rings is 1. The molecule has 0 radical (unpaired) electrons. The summed E-state index contributed by atoms with van der Waals surface area (Å²) in [5, 5.41) is 0. The maximum absolute atomic E-state index is 13.9. The van der Waals surface area contributed by atoms with E-state index in [2.05, 4.69) is 24.8 Å². The average Bonchev–Trinajstić information content (AvgIpc) is 3.20. The molecule has 7 heteroatoms. The first kappa shape index (κ1) is 17.7. The zero-order chi connectivity index (χ0) is 18.6. The van der Waals surface area contributed by atoms with Gasteiger partial charge in [0.2, 0.25) is 0 Å². The zero-order valence-electron chi connectivity index (χ0n) is 14.9. The van der Waals surface area contributed by atoms with Gasteiger partial charge in [0.05, 0.1) is 11.9 Å². The number of hydrogen-bond donors (Lipinski definition) is 1. The Balaban J connectivity index is 1.41. The third-order valence-corrected chi connectivity index (χ3v) is 4.93. The van der Waals surface area contributed by atoms with Gasteiger partial charge in [0.1, 0.15) is 17.3 Å². The van der Waals surface area contributed by atoms with Gasteiger partial charge in [0, 0.05) is 37.2 Å². The summed E-state index contributed by atoms with van der Waals surface area (Å²) in [6.07, 6.45) is 9.87. The fraction of sp³-hybridized carbons (Fsp3) is 0.350. The van der Waals surface area contributed by atoms with Crippen LogP contribution in [-0.4, -0.2) is 37.9 Å². The Morgan fingerprint density at radius 2 is 2.15 bits per heavy atom. The normalized spacial score (nSPS) is 17.9. The molecule has 1 aliphatic heterocycles. The SMILES string of the molecule is Fc1ccc(F)c(CN2CCC[C@H](Cc3cncc(-c4ncc[nH]4)n3)C2)c1. The van der Waals surface area contributed by atoms with Crippen molar-refractivity contribution in [1.29, 1.82) is 0 Å². The second-order valence-corrected chi connectivity index (χ2v) is 7.02. The van der Waals surface area contributed by atoms with E-state index in [9.17, 15) is 8.78 Å². The van der Waals surface area contributed by atoms with Gasteiger partial charge in [-0.15, -0.1) is 0 Å². The molecule has 2 aromatic heterocycles. The standard InChI is InChI=1S/C20H21F2N5/c21-16-3-4-18(22)15(9-16)13-27-7-1-2-14(12-27)8-17-10-23-11-19(26-17)20-24-5-6-25-20/h3-6,9-11,14H,1-2,7-8,12-13H2,(H,24,25)/t14-/m1/s1. The molecule has 1 aliphatic rings. The van der Waals surface area contributed by atoms with E-state index in [0.717, 1.165) is 49.8 Å². The van der Waals surface area contributed by atoms with Crippen molar-refractivity contribution in [3.05, 3.63) is 65.9 Å². The summed E-state index contributed by atoms with van der Waals surface area (Å²) in [6, 6.07) is 3.64. The number of halogens is 2. The second-order valence-electron chi connectivity index (χ2n) is 7.02. The molecule has 1 fully saturated rings. The van der Waals surface area contributed by atoms with E-state index >= 15 is 0 Å². The van der Waals surface area contributed by atoms with Crippen LogP contribution in [0, 0.1) is 17.6 Å². The number of aromatic nitrogens is 4. The summed E-state index contributed by atoms with van der Waals surface area (Å²) in [5.41, 5.74) is 2.06. The highest BCUT2D eigenvalue weighted by Crippen LogP contribution is 2.23. The van der Waals surface area contributed by atoms with E-state index in [4.69, 9.17) is 0 Å². The Morgan fingerprint density at radius 1 is 1.22 bits per heavy atom. The van der Waals surface area contributed by atoms with Crippen molar-refractivity contribution in [2.75, 3.05) is 13.1 Å². The van der Waals surface area contributed by atoms with Gasteiger partial charge in [0.25, 0.3) is 0 Å². The van der Waals surface area contributed by atoms with Gasteiger partial charge >= 0.3 is 0 Å². The highest BCUT2D eigenvalue weighted by atomic mass is 19.1. The number of hydrogen-bond acceptors (Lipinski definition) is 4. The molecule has 3 heterocycles. The van der Waals surface area contributed by atoms with E-state index in [1.165, 1.54) is 12.1 Å². The summed E-state index contributed by atoms with van der Waals surface area (Å²) >= 11 is 0. The summed E-state index contributed by atoms with van der Waals surface area (Å²) in [5.74, 6) is 0.369. The number of rotatable bonds is 5. The smallest absolute Gasteiger partial charge is 0.157 e. The van der Waals surface area contributed by atoms with E-state index < -0.39 is 5.82 Å². The highest BCUT2D eigenvalue weighted by Gasteiger charge is 2.22. The Hall–Kier alpha value is -2.67. The molecule has 27 heavy (non-hydrogen) atoms. The Labute approximate surface area is 156 Å². The van der Waals surface area contributed by atoms with Crippen molar-refractivity contribution in [2.24, 2.45) is 5.92 Å². The molecule has 0 aliphatic carbocycles. The summed E-state index contributed by atoms with van der Waals surface area (Å²) in [7, 11) is 0. The quantitative estimate of drug-likeness (QED) is 0.747. The van der Waals surface area contributed by atoms with Crippen LogP contribution in [0.4, 0.5) is 8.78 Å². The van der Waals surface area contributed by atoms with Gasteiger partial charge < -0.3 is 4.98 Å². The lowest BCUT2D eigenvalue weighted by atomic mass is 9.93. The van der Waals surface area contributed by atoms with Crippen LogP contribution in [0.1, 0.15) is 24.1 Å². The van der Waals surface area contributed by atoms with Crippen LogP contribution in [0.5, 0.6) is 0 Å². The predicted molar refractivity (Wildman–Crippen MR) is 97.7 cm³/mol. The molecule has 0 amide bonds. The topological polar surface area (TPSA) is 57.7 Å². The van der Waals surface area contributed by atoms with Crippen molar-refractivity contribution < 1.29 is 8.78 Å². The molecule has 0 spiro atoms. The molecule has 1 N–H and O–H groups in total. The van der Waals surface area contributed by atoms with Gasteiger partial charge in [-0.2, -0.15) is 0 Å². The van der Waals surface area contributed by atoms with Crippen molar-refractivity contribution in [1.82, 2.24) is 24.8 Å². The molecule has 0 saturated carbocycles. The Kier molecular flexibility index (Phi) is 5.20. The minimum Gasteiger partial charge on any atom is -0.343 e. The lowest BCUT2D eigenvalue weighted by molar-refractivity contribution is 0.164. The van der Waals surface area contributed by atoms with Crippen molar-refractivity contribution >= 4 is 0 Å². The van der Waals surface area contributed by atoms with E-state index in [0.29, 0.717) is 23.9 Å². The molecule has 140 valence electrons. The molecule has 3 aromatic rings. The Bertz CT molecular complexity index is 897. The predicted octanol–water partition coefficient (Wildman–Crippen LogP) is 3.60. The first-order valence-electron chi connectivity index (χ1n) is 9.14. The van der Waals surface area contributed by atoms with Crippen molar-refractivity contribution in [3.8, 4) is 11.5 Å². The lowest BCUT2D eigenvalue weighted by Gasteiger charge is -2.32. The molecule has 0 bridgehead atoms. The van der Waals surface area contributed by atoms with Crippen LogP contribution in [-0.2, 0) is 13.0 Å². The number of nitrogens with one attached hydrogen (secondary N) is 1. The van der Waals surface area contributed by atoms with Crippen molar-refractivity contribution in [2.45, 2.75) is 25.8 Å². The van der Waals surface area contributed by atoms with Crippen LogP contribution >= 0.6 is 0 Å². The maximum atomic E-state index is 13.9. The third-order valence-electron chi connectivity index (χ3n) is 4.93. The number of likely N-dealkylation sites (tertiary alicyclic amines) is 1. The molecule has 0 unspecified atom stereocenters. The fourth-order valence-corrected chi connectivity index (χ4v) is 3.69. The number of H-pyrrole nitrogens is 1. The minimum atomic E-state index is -0.398.